The Bertz CT molecular complexity index is 668. The van der Waals surface area contributed by atoms with E-state index in [-0.39, 0.29) is 11.9 Å². The molecule has 1 aliphatic rings. The van der Waals surface area contributed by atoms with Crippen molar-refractivity contribution in [3.8, 4) is 0 Å². The fourth-order valence-electron chi connectivity index (χ4n) is 2.95. The monoisotopic (exact) mass is 334 g/mol. The maximum Gasteiger partial charge on any atom is 0.253 e. The van der Waals surface area contributed by atoms with Gasteiger partial charge in [0.15, 0.2) is 0 Å². The van der Waals surface area contributed by atoms with Crippen LogP contribution in [0.25, 0.3) is 0 Å². The van der Waals surface area contributed by atoms with Gasteiger partial charge in [-0.25, -0.2) is 4.98 Å². The van der Waals surface area contributed by atoms with Crippen LogP contribution in [-0.2, 0) is 13.6 Å². The summed E-state index contributed by atoms with van der Waals surface area (Å²) < 4.78 is 1.92. The van der Waals surface area contributed by atoms with Crippen LogP contribution in [0.4, 0.5) is 0 Å². The number of aromatic nitrogens is 2. The van der Waals surface area contributed by atoms with Gasteiger partial charge in [0.1, 0.15) is 0 Å². The van der Waals surface area contributed by atoms with Crippen molar-refractivity contribution < 1.29 is 9.90 Å². The highest BCUT2D eigenvalue weighted by atomic mass is 32.1. The molecule has 2 aromatic rings. The fraction of sp³-hybridized carbons (Fsp3) is 0.500. The van der Waals surface area contributed by atoms with E-state index in [1.54, 1.807) is 11.3 Å². The molecule has 6 nitrogen and oxygen atoms in total. The first-order valence-corrected chi connectivity index (χ1v) is 8.69. The summed E-state index contributed by atoms with van der Waals surface area (Å²) in [6, 6.07) is 1.61. The van der Waals surface area contributed by atoms with Crippen LogP contribution in [-0.4, -0.2) is 50.7 Å². The van der Waals surface area contributed by atoms with Gasteiger partial charge in [0.25, 0.3) is 5.91 Å². The number of aliphatic hydroxyl groups excluding tert-OH is 1. The Morgan fingerprint density at radius 1 is 1.57 bits per heavy atom. The van der Waals surface area contributed by atoms with Crippen molar-refractivity contribution in [3.05, 3.63) is 40.1 Å². The van der Waals surface area contributed by atoms with Crippen LogP contribution in [0.3, 0.4) is 0 Å². The van der Waals surface area contributed by atoms with Crippen molar-refractivity contribution in [2.24, 2.45) is 7.05 Å². The number of piperidine rings is 1. The average molecular weight is 334 g/mol. The summed E-state index contributed by atoms with van der Waals surface area (Å²) in [5, 5.41) is 15.4. The van der Waals surface area contributed by atoms with Crippen LogP contribution in [0, 0.1) is 6.92 Å². The molecule has 1 aliphatic heterocycles. The molecule has 2 atom stereocenters. The number of carbonyl (C=O) groups is 1. The van der Waals surface area contributed by atoms with Crippen molar-refractivity contribution in [2.75, 3.05) is 13.1 Å². The summed E-state index contributed by atoms with van der Waals surface area (Å²) in [5.41, 5.74) is 4.45. The van der Waals surface area contributed by atoms with Crippen molar-refractivity contribution in [2.45, 2.75) is 32.0 Å². The van der Waals surface area contributed by atoms with E-state index in [1.165, 1.54) is 0 Å². The van der Waals surface area contributed by atoms with Gasteiger partial charge >= 0.3 is 0 Å². The van der Waals surface area contributed by atoms with E-state index in [9.17, 15) is 9.90 Å². The first-order valence-electron chi connectivity index (χ1n) is 7.75. The molecule has 1 fully saturated rings. The van der Waals surface area contributed by atoms with Gasteiger partial charge in [0.2, 0.25) is 0 Å². The van der Waals surface area contributed by atoms with E-state index in [1.807, 2.05) is 41.7 Å². The highest BCUT2D eigenvalue weighted by molar-refractivity contribution is 7.07. The Hall–Kier alpha value is -1.70. The fourth-order valence-corrected chi connectivity index (χ4v) is 3.50. The lowest BCUT2D eigenvalue weighted by atomic mass is 10.0. The lowest BCUT2D eigenvalue weighted by Crippen LogP contribution is -2.53. The number of nitrogens with one attached hydrogen (secondary N) is 1. The molecule has 0 bridgehead atoms. The van der Waals surface area contributed by atoms with Crippen molar-refractivity contribution >= 4 is 17.2 Å². The molecule has 0 radical (unpaired) electrons. The number of hydrogen-bond acceptors (Lipinski definition) is 5. The second-order valence-corrected chi connectivity index (χ2v) is 6.80. The Balaban J connectivity index is 1.56. The number of aryl methyl sites for hydroxylation is 1. The minimum absolute atomic E-state index is 0.111. The Kier molecular flexibility index (Phi) is 4.79. The summed E-state index contributed by atoms with van der Waals surface area (Å²) in [4.78, 5) is 18.8. The number of carbonyl (C=O) groups excluding carboxylic acids is 1. The van der Waals surface area contributed by atoms with Gasteiger partial charge in [-0.15, -0.1) is 11.3 Å². The molecule has 23 heavy (non-hydrogen) atoms. The van der Waals surface area contributed by atoms with E-state index in [0.717, 1.165) is 30.9 Å². The van der Waals surface area contributed by atoms with Crippen LogP contribution in [0.2, 0.25) is 0 Å². The quantitative estimate of drug-likeness (QED) is 0.880. The van der Waals surface area contributed by atoms with Crippen LogP contribution in [0.1, 0.15) is 28.2 Å². The molecule has 0 saturated carbocycles. The third kappa shape index (κ3) is 3.63. The van der Waals surface area contributed by atoms with Crippen LogP contribution in [0.5, 0.6) is 0 Å². The zero-order valence-corrected chi connectivity index (χ0v) is 14.2. The van der Waals surface area contributed by atoms with Gasteiger partial charge in [-0.1, -0.05) is 0 Å². The molecule has 0 unspecified atom stereocenters. The van der Waals surface area contributed by atoms with E-state index in [4.69, 9.17) is 0 Å². The van der Waals surface area contributed by atoms with Gasteiger partial charge in [0, 0.05) is 44.0 Å². The molecular weight excluding hydrogens is 312 g/mol. The van der Waals surface area contributed by atoms with Crippen molar-refractivity contribution in [1.29, 1.82) is 0 Å². The highest BCUT2D eigenvalue weighted by Gasteiger charge is 2.29. The second kappa shape index (κ2) is 6.82. The maximum absolute atomic E-state index is 12.4. The lowest BCUT2D eigenvalue weighted by Gasteiger charge is -2.35. The molecule has 7 heteroatoms. The predicted octanol–water partition coefficient (Wildman–Crippen LogP) is 1.16. The first-order chi connectivity index (χ1) is 11.0. The molecule has 2 aromatic heterocycles. The van der Waals surface area contributed by atoms with E-state index < -0.39 is 6.10 Å². The van der Waals surface area contributed by atoms with Crippen molar-refractivity contribution in [3.63, 3.8) is 0 Å². The molecular formula is C16H22N4O2S. The minimum Gasteiger partial charge on any atom is -0.390 e. The smallest absolute Gasteiger partial charge is 0.253 e. The molecule has 0 aliphatic carbocycles. The number of rotatable bonds is 4. The van der Waals surface area contributed by atoms with Crippen LogP contribution >= 0.6 is 11.3 Å². The Labute approximate surface area is 139 Å². The molecule has 3 rings (SSSR count). The summed E-state index contributed by atoms with van der Waals surface area (Å²) in [6.45, 7) is 4.06. The first kappa shape index (κ1) is 16.2. The molecule has 3 heterocycles. The lowest BCUT2D eigenvalue weighted by molar-refractivity contribution is 0.0346. The van der Waals surface area contributed by atoms with Gasteiger partial charge < -0.3 is 15.0 Å². The zero-order chi connectivity index (χ0) is 16.4. The minimum atomic E-state index is -0.560. The summed E-state index contributed by atoms with van der Waals surface area (Å²) >= 11 is 1.58. The summed E-state index contributed by atoms with van der Waals surface area (Å²) in [5.74, 6) is -0.111. The SMILES string of the molecule is Cc1c(C(=O)N[C@@H]2CCN(Cc3cscn3)C[C@H]2O)ccn1C. The number of β-amino-alcohol motifs (C(OH)–C–C–N with tert-alkyl or cyclic N) is 1. The van der Waals surface area contributed by atoms with Crippen LogP contribution < -0.4 is 5.32 Å². The molecule has 2 N–H and O–H groups in total. The highest BCUT2D eigenvalue weighted by Crippen LogP contribution is 2.16. The second-order valence-electron chi connectivity index (χ2n) is 6.08. The van der Waals surface area contributed by atoms with Gasteiger partial charge in [0.05, 0.1) is 28.9 Å². The Morgan fingerprint density at radius 2 is 2.39 bits per heavy atom. The molecule has 0 spiro atoms. The largest absolute Gasteiger partial charge is 0.390 e. The molecule has 0 aromatic carbocycles. The zero-order valence-electron chi connectivity index (χ0n) is 13.4. The molecule has 124 valence electrons. The number of hydrogen-bond donors (Lipinski definition) is 2. The van der Waals surface area contributed by atoms with Crippen LogP contribution in [0.15, 0.2) is 23.2 Å². The average Bonchev–Trinajstić information content (AvgIpc) is 3.13. The third-order valence-corrected chi connectivity index (χ3v) is 5.12. The molecule has 1 amide bonds. The number of nitrogens with zero attached hydrogens (tertiary/aromatic N) is 3. The van der Waals surface area contributed by atoms with Gasteiger partial charge in [-0.3, -0.25) is 9.69 Å². The van der Waals surface area contributed by atoms with Gasteiger partial charge in [-0.2, -0.15) is 0 Å². The van der Waals surface area contributed by atoms with Gasteiger partial charge in [-0.05, 0) is 19.4 Å². The number of amides is 1. The Morgan fingerprint density at radius 3 is 3.00 bits per heavy atom. The van der Waals surface area contributed by atoms with E-state index in [2.05, 4.69) is 15.2 Å². The molecule has 1 saturated heterocycles. The summed E-state index contributed by atoms with van der Waals surface area (Å²) in [7, 11) is 1.91. The summed E-state index contributed by atoms with van der Waals surface area (Å²) in [6.07, 6.45) is 2.05. The standard InChI is InChI=1S/C16H22N4O2S/c1-11-13(3-5-19(11)2)16(22)18-14-4-6-20(8-15(14)21)7-12-9-23-10-17-12/h3,5,9-10,14-15,21H,4,6-8H2,1-2H3,(H,18,22)/t14-,15-/m1/s1. The number of thiazole rings is 1. The number of aliphatic hydroxyl groups is 1. The van der Waals surface area contributed by atoms with E-state index in [0.29, 0.717) is 12.1 Å². The topological polar surface area (TPSA) is 70.4 Å². The number of likely N-dealkylation sites (tertiary alicyclic amines) is 1. The van der Waals surface area contributed by atoms with E-state index >= 15 is 0 Å². The third-order valence-electron chi connectivity index (χ3n) is 4.48. The maximum atomic E-state index is 12.4. The van der Waals surface area contributed by atoms with Crippen molar-refractivity contribution in [1.82, 2.24) is 19.8 Å². The predicted molar refractivity (Wildman–Crippen MR) is 89.4 cm³/mol. The normalized spacial score (nSPS) is 22.2.